The summed E-state index contributed by atoms with van der Waals surface area (Å²) in [5.74, 6) is 0. The van der Waals surface area contributed by atoms with Crippen molar-refractivity contribution in [2.75, 3.05) is 0 Å². The van der Waals surface area contributed by atoms with Crippen molar-refractivity contribution in [3.05, 3.63) is 22.5 Å². The zero-order valence-electron chi connectivity index (χ0n) is 6.07. The van der Waals surface area contributed by atoms with E-state index in [0.717, 1.165) is 4.83 Å². The fourth-order valence-corrected chi connectivity index (χ4v) is 2.83. The molecule has 2 rings (SSSR count). The average molecular weight is 181 g/mol. The van der Waals surface area contributed by atoms with E-state index in [1.165, 1.54) is 9.58 Å². The second-order valence-electron chi connectivity index (χ2n) is 2.17. The van der Waals surface area contributed by atoms with Crippen molar-refractivity contribution < 1.29 is 0 Å². The largest absolute Gasteiger partial charge is 0.234 e. The Bertz CT molecular complexity index is 355. The minimum Gasteiger partial charge on any atom is -0.234 e. The Labute approximate surface area is 73.0 Å². The minimum absolute atomic E-state index is 1.16. The molecule has 0 aromatic carbocycles. The van der Waals surface area contributed by atoms with Gasteiger partial charge in [0.25, 0.3) is 0 Å². The van der Waals surface area contributed by atoms with Gasteiger partial charge >= 0.3 is 0 Å². The first-order chi connectivity index (χ1) is 5.40. The van der Waals surface area contributed by atoms with Gasteiger partial charge in [-0.1, -0.05) is 6.08 Å². The lowest BCUT2D eigenvalue weighted by Gasteiger charge is -1.76. The number of nitrogens with zero attached hydrogens (tertiary/aromatic N) is 1. The molecular weight excluding hydrogens is 174 g/mol. The molecule has 0 saturated carbocycles. The number of aromatic nitrogens is 1. The first-order valence-corrected chi connectivity index (χ1v) is 5.05. The van der Waals surface area contributed by atoms with Crippen LogP contribution in [0.5, 0.6) is 0 Å². The smallest absolute Gasteiger partial charge is 0.134 e. The van der Waals surface area contributed by atoms with Crippen molar-refractivity contribution in [3.63, 3.8) is 0 Å². The second-order valence-corrected chi connectivity index (χ2v) is 4.12. The number of thiophene rings is 1. The summed E-state index contributed by atoms with van der Waals surface area (Å²) in [6, 6.07) is 2.18. The number of fused-ring (bicyclic) bond motifs is 1. The van der Waals surface area contributed by atoms with Crippen molar-refractivity contribution in [3.8, 4) is 0 Å². The third kappa shape index (κ3) is 1.21. The molecular formula is C8H7NS2. The molecule has 3 heteroatoms. The lowest BCUT2D eigenvalue weighted by molar-refractivity contribution is 1.54. The van der Waals surface area contributed by atoms with E-state index in [2.05, 4.69) is 23.2 Å². The molecule has 0 radical (unpaired) electrons. The predicted molar refractivity (Wildman–Crippen MR) is 52.2 cm³/mol. The van der Waals surface area contributed by atoms with Crippen LogP contribution in [-0.4, -0.2) is 4.98 Å². The maximum atomic E-state index is 4.22. The number of allylic oxidation sites excluding steroid dienone is 1. The Morgan fingerprint density at radius 1 is 1.55 bits per heavy atom. The Hall–Kier alpha value is -0.670. The number of thiazole rings is 1. The van der Waals surface area contributed by atoms with Crippen LogP contribution in [-0.2, 0) is 0 Å². The number of hydrogen-bond donors (Lipinski definition) is 0. The SMILES string of the molecule is C/C=C/c1cc2scnc2s1. The van der Waals surface area contributed by atoms with Gasteiger partial charge in [-0.3, -0.25) is 0 Å². The molecule has 2 heterocycles. The van der Waals surface area contributed by atoms with Crippen molar-refractivity contribution in [1.82, 2.24) is 4.98 Å². The molecule has 0 saturated heterocycles. The molecule has 0 bridgehead atoms. The molecule has 0 aliphatic carbocycles. The van der Waals surface area contributed by atoms with Crippen LogP contribution in [0.2, 0.25) is 0 Å². The molecule has 0 N–H and O–H groups in total. The summed E-state index contributed by atoms with van der Waals surface area (Å²) in [5.41, 5.74) is 1.89. The van der Waals surface area contributed by atoms with E-state index in [-0.39, 0.29) is 0 Å². The zero-order valence-corrected chi connectivity index (χ0v) is 7.71. The van der Waals surface area contributed by atoms with Crippen LogP contribution < -0.4 is 0 Å². The van der Waals surface area contributed by atoms with Crippen LogP contribution in [0.15, 0.2) is 17.7 Å². The van der Waals surface area contributed by atoms with Crippen LogP contribution >= 0.6 is 22.7 Å². The lowest BCUT2D eigenvalue weighted by atomic mass is 10.4. The highest BCUT2D eigenvalue weighted by molar-refractivity contribution is 7.26. The standard InChI is InChI=1S/C8H7NS2/c1-2-3-6-4-7-8(11-6)9-5-10-7/h2-5H,1H3/b3-2+. The summed E-state index contributed by atoms with van der Waals surface area (Å²) in [4.78, 5) is 6.67. The fraction of sp³-hybridized carbons (Fsp3) is 0.125. The average Bonchev–Trinajstić information content (AvgIpc) is 2.46. The van der Waals surface area contributed by atoms with Gasteiger partial charge in [-0.05, 0) is 19.1 Å². The third-order valence-corrected chi connectivity index (χ3v) is 3.29. The van der Waals surface area contributed by atoms with Gasteiger partial charge in [-0.25, -0.2) is 4.98 Å². The molecule has 11 heavy (non-hydrogen) atoms. The predicted octanol–water partition coefficient (Wildman–Crippen LogP) is 3.39. The van der Waals surface area contributed by atoms with Gasteiger partial charge in [-0.2, -0.15) is 0 Å². The van der Waals surface area contributed by atoms with Gasteiger partial charge in [-0.15, -0.1) is 22.7 Å². The van der Waals surface area contributed by atoms with Crippen molar-refractivity contribution in [1.29, 1.82) is 0 Å². The highest BCUT2D eigenvalue weighted by atomic mass is 32.1. The first-order valence-electron chi connectivity index (χ1n) is 3.36. The van der Waals surface area contributed by atoms with Crippen molar-refractivity contribution in [2.45, 2.75) is 6.92 Å². The molecule has 0 fully saturated rings. The van der Waals surface area contributed by atoms with Crippen molar-refractivity contribution >= 4 is 38.3 Å². The van der Waals surface area contributed by atoms with Crippen LogP contribution in [0.25, 0.3) is 15.6 Å². The molecule has 0 unspecified atom stereocenters. The molecule has 0 atom stereocenters. The fourth-order valence-electron chi connectivity index (χ4n) is 0.934. The summed E-state index contributed by atoms with van der Waals surface area (Å²) in [6.45, 7) is 2.03. The molecule has 0 aliphatic heterocycles. The number of hydrogen-bond acceptors (Lipinski definition) is 3. The van der Waals surface area contributed by atoms with E-state index in [9.17, 15) is 0 Å². The van der Waals surface area contributed by atoms with E-state index >= 15 is 0 Å². The van der Waals surface area contributed by atoms with Gasteiger partial charge in [0, 0.05) is 4.88 Å². The summed E-state index contributed by atoms with van der Waals surface area (Å²) < 4.78 is 1.29. The van der Waals surface area contributed by atoms with Crippen LogP contribution in [0.1, 0.15) is 11.8 Å². The first kappa shape index (κ1) is 7.00. The van der Waals surface area contributed by atoms with Gasteiger partial charge in [0.15, 0.2) is 0 Å². The zero-order chi connectivity index (χ0) is 7.68. The van der Waals surface area contributed by atoms with Gasteiger partial charge in [0.2, 0.25) is 0 Å². The summed E-state index contributed by atoms with van der Waals surface area (Å²) in [7, 11) is 0. The quantitative estimate of drug-likeness (QED) is 0.657. The maximum Gasteiger partial charge on any atom is 0.134 e. The number of rotatable bonds is 1. The molecule has 0 aliphatic rings. The van der Waals surface area contributed by atoms with Gasteiger partial charge in [0.1, 0.15) is 4.83 Å². The Balaban J connectivity index is 2.58. The third-order valence-electron chi connectivity index (χ3n) is 1.38. The second kappa shape index (κ2) is 2.75. The molecule has 0 spiro atoms. The van der Waals surface area contributed by atoms with Gasteiger partial charge < -0.3 is 0 Å². The highest BCUT2D eigenvalue weighted by Crippen LogP contribution is 2.28. The summed E-state index contributed by atoms with van der Waals surface area (Å²) in [5, 5.41) is 0. The van der Waals surface area contributed by atoms with Crippen molar-refractivity contribution in [2.24, 2.45) is 0 Å². The highest BCUT2D eigenvalue weighted by Gasteiger charge is 1.99. The monoisotopic (exact) mass is 181 g/mol. The minimum atomic E-state index is 1.16. The molecule has 2 aromatic rings. The molecule has 1 nitrogen and oxygen atoms in total. The molecule has 0 amide bonds. The van der Waals surface area contributed by atoms with Crippen LogP contribution in [0, 0.1) is 0 Å². The van der Waals surface area contributed by atoms with E-state index in [1.807, 2.05) is 12.4 Å². The van der Waals surface area contributed by atoms with Crippen LogP contribution in [0.3, 0.4) is 0 Å². The normalized spacial score (nSPS) is 11.7. The van der Waals surface area contributed by atoms with E-state index in [1.54, 1.807) is 22.7 Å². The van der Waals surface area contributed by atoms with E-state index in [0.29, 0.717) is 0 Å². The van der Waals surface area contributed by atoms with Crippen LogP contribution in [0.4, 0.5) is 0 Å². The van der Waals surface area contributed by atoms with Gasteiger partial charge in [0.05, 0.1) is 10.2 Å². The Morgan fingerprint density at radius 2 is 2.45 bits per heavy atom. The maximum absolute atomic E-state index is 4.22. The lowest BCUT2D eigenvalue weighted by Crippen LogP contribution is -1.52. The summed E-state index contributed by atoms with van der Waals surface area (Å²) >= 11 is 3.44. The topological polar surface area (TPSA) is 12.9 Å². The molecule has 56 valence electrons. The Kier molecular flexibility index (Phi) is 1.75. The van der Waals surface area contributed by atoms with E-state index < -0.39 is 0 Å². The molecule has 2 aromatic heterocycles. The van der Waals surface area contributed by atoms with E-state index in [4.69, 9.17) is 0 Å². The Morgan fingerprint density at radius 3 is 3.18 bits per heavy atom. The summed E-state index contributed by atoms with van der Waals surface area (Å²) in [6.07, 6.45) is 4.16.